The lowest BCUT2D eigenvalue weighted by Gasteiger charge is -2.01. The predicted octanol–water partition coefficient (Wildman–Crippen LogP) is 2.87. The van der Waals surface area contributed by atoms with Gasteiger partial charge in [-0.1, -0.05) is 41.4 Å². The molecule has 6 heteroatoms. The zero-order chi connectivity index (χ0) is 14.1. The Balaban J connectivity index is 2.02. The Labute approximate surface area is 121 Å². The van der Waals surface area contributed by atoms with Gasteiger partial charge in [-0.05, 0) is 19.1 Å². The molecule has 0 radical (unpaired) electrons. The van der Waals surface area contributed by atoms with Crippen molar-refractivity contribution in [3.8, 4) is 17.1 Å². The normalized spacial score (nSPS) is 10.7. The molecular weight excluding hydrogens is 274 g/mol. The summed E-state index contributed by atoms with van der Waals surface area (Å²) in [4.78, 5) is 0. The van der Waals surface area contributed by atoms with Crippen molar-refractivity contribution >= 4 is 17.4 Å². The van der Waals surface area contributed by atoms with Gasteiger partial charge in [0.1, 0.15) is 5.82 Å². The SMILES string of the molecule is Cc1ccc(-c2cc(N)n(-c3ccc(Cl)nn3)n2)cc1. The summed E-state index contributed by atoms with van der Waals surface area (Å²) in [6.07, 6.45) is 0. The zero-order valence-electron chi connectivity index (χ0n) is 10.8. The average Bonchev–Trinajstić information content (AvgIpc) is 2.82. The van der Waals surface area contributed by atoms with Crippen molar-refractivity contribution in [2.24, 2.45) is 0 Å². The molecule has 20 heavy (non-hydrogen) atoms. The van der Waals surface area contributed by atoms with E-state index in [-0.39, 0.29) is 0 Å². The molecule has 100 valence electrons. The smallest absolute Gasteiger partial charge is 0.178 e. The zero-order valence-corrected chi connectivity index (χ0v) is 11.5. The highest BCUT2D eigenvalue weighted by molar-refractivity contribution is 6.29. The fourth-order valence-electron chi connectivity index (χ4n) is 1.87. The standard InChI is InChI=1S/C14H12ClN5/c1-9-2-4-10(5-3-9)11-8-13(16)20(19-11)14-7-6-12(15)17-18-14/h2-8H,16H2,1H3. The molecule has 0 unspecified atom stereocenters. The summed E-state index contributed by atoms with van der Waals surface area (Å²) >= 11 is 5.72. The molecule has 0 amide bonds. The van der Waals surface area contributed by atoms with Gasteiger partial charge >= 0.3 is 0 Å². The largest absolute Gasteiger partial charge is 0.384 e. The van der Waals surface area contributed by atoms with E-state index in [9.17, 15) is 0 Å². The Hall–Kier alpha value is -2.40. The van der Waals surface area contributed by atoms with E-state index in [1.54, 1.807) is 22.9 Å². The summed E-state index contributed by atoms with van der Waals surface area (Å²) in [5.74, 6) is 1.03. The van der Waals surface area contributed by atoms with Crippen molar-refractivity contribution in [1.82, 2.24) is 20.0 Å². The van der Waals surface area contributed by atoms with Crippen molar-refractivity contribution < 1.29 is 0 Å². The van der Waals surface area contributed by atoms with Gasteiger partial charge in [-0.2, -0.15) is 9.78 Å². The monoisotopic (exact) mass is 285 g/mol. The number of aromatic nitrogens is 4. The van der Waals surface area contributed by atoms with Crippen LogP contribution >= 0.6 is 11.6 Å². The van der Waals surface area contributed by atoms with Crippen molar-refractivity contribution in [1.29, 1.82) is 0 Å². The van der Waals surface area contributed by atoms with Crippen molar-refractivity contribution in [2.75, 3.05) is 5.73 Å². The number of aryl methyl sites for hydroxylation is 1. The minimum atomic E-state index is 0.332. The second kappa shape index (κ2) is 4.94. The number of nitrogen functional groups attached to an aromatic ring is 1. The number of rotatable bonds is 2. The van der Waals surface area contributed by atoms with Gasteiger partial charge in [0.15, 0.2) is 11.0 Å². The number of hydrogen-bond acceptors (Lipinski definition) is 4. The van der Waals surface area contributed by atoms with Crippen LogP contribution in [0.3, 0.4) is 0 Å². The number of anilines is 1. The quantitative estimate of drug-likeness (QED) is 0.786. The predicted molar refractivity (Wildman–Crippen MR) is 78.7 cm³/mol. The first-order valence-corrected chi connectivity index (χ1v) is 6.43. The number of nitrogens with zero attached hydrogens (tertiary/aromatic N) is 4. The lowest BCUT2D eigenvalue weighted by atomic mass is 10.1. The fourth-order valence-corrected chi connectivity index (χ4v) is 1.97. The van der Waals surface area contributed by atoms with Crippen LogP contribution in [0.5, 0.6) is 0 Å². The molecule has 1 aromatic carbocycles. The second-order valence-electron chi connectivity index (χ2n) is 4.45. The first kappa shape index (κ1) is 12.6. The van der Waals surface area contributed by atoms with Gasteiger partial charge in [-0.25, -0.2) is 0 Å². The minimum Gasteiger partial charge on any atom is -0.384 e. The maximum Gasteiger partial charge on any atom is 0.178 e. The Morgan fingerprint density at radius 1 is 1.05 bits per heavy atom. The van der Waals surface area contributed by atoms with E-state index in [4.69, 9.17) is 17.3 Å². The molecule has 0 aliphatic rings. The molecular formula is C14H12ClN5. The molecule has 0 bridgehead atoms. The molecule has 0 atom stereocenters. The van der Waals surface area contributed by atoms with Crippen LogP contribution in [-0.4, -0.2) is 20.0 Å². The molecule has 0 fully saturated rings. The summed E-state index contributed by atoms with van der Waals surface area (Å²) in [5, 5.41) is 12.5. The van der Waals surface area contributed by atoms with Gasteiger partial charge in [-0.3, -0.25) is 0 Å². The van der Waals surface area contributed by atoms with E-state index in [0.29, 0.717) is 16.8 Å². The first-order valence-electron chi connectivity index (χ1n) is 6.06. The third-order valence-corrected chi connectivity index (χ3v) is 3.12. The highest BCUT2D eigenvalue weighted by Gasteiger charge is 2.10. The molecule has 0 saturated heterocycles. The van der Waals surface area contributed by atoms with Gasteiger partial charge in [0.25, 0.3) is 0 Å². The fraction of sp³-hybridized carbons (Fsp3) is 0.0714. The van der Waals surface area contributed by atoms with E-state index >= 15 is 0 Å². The van der Waals surface area contributed by atoms with Crippen LogP contribution < -0.4 is 5.73 Å². The Bertz CT molecular complexity index is 731. The second-order valence-corrected chi connectivity index (χ2v) is 4.83. The van der Waals surface area contributed by atoms with Crippen LogP contribution in [0, 0.1) is 6.92 Å². The van der Waals surface area contributed by atoms with Gasteiger partial charge in [0, 0.05) is 11.6 Å². The van der Waals surface area contributed by atoms with Gasteiger partial charge in [-0.15, -0.1) is 10.2 Å². The van der Waals surface area contributed by atoms with Crippen molar-refractivity contribution in [3.05, 3.63) is 53.2 Å². The average molecular weight is 286 g/mol. The lowest BCUT2D eigenvalue weighted by molar-refractivity contribution is 0.825. The number of hydrogen-bond donors (Lipinski definition) is 1. The molecule has 0 saturated carbocycles. The number of nitrogens with two attached hydrogens (primary N) is 1. The maximum atomic E-state index is 5.98. The van der Waals surface area contributed by atoms with E-state index in [0.717, 1.165) is 11.3 Å². The molecule has 2 aromatic heterocycles. The van der Waals surface area contributed by atoms with Gasteiger partial charge < -0.3 is 5.73 Å². The van der Waals surface area contributed by atoms with E-state index < -0.39 is 0 Å². The first-order chi connectivity index (χ1) is 9.63. The summed E-state index contributed by atoms with van der Waals surface area (Å²) in [6, 6.07) is 13.3. The van der Waals surface area contributed by atoms with Crippen LogP contribution in [0.4, 0.5) is 5.82 Å². The van der Waals surface area contributed by atoms with Crippen molar-refractivity contribution in [3.63, 3.8) is 0 Å². The minimum absolute atomic E-state index is 0.332. The number of benzene rings is 1. The van der Waals surface area contributed by atoms with Gasteiger partial charge in [0.05, 0.1) is 5.69 Å². The molecule has 3 aromatic rings. The maximum absolute atomic E-state index is 5.98. The Morgan fingerprint density at radius 3 is 2.45 bits per heavy atom. The van der Waals surface area contributed by atoms with Crippen LogP contribution in [-0.2, 0) is 0 Å². The molecule has 2 heterocycles. The topological polar surface area (TPSA) is 69.6 Å². The Kier molecular flexibility index (Phi) is 3.12. The molecule has 2 N–H and O–H groups in total. The molecule has 0 aliphatic heterocycles. The molecule has 3 rings (SSSR count). The summed E-state index contributed by atoms with van der Waals surface area (Å²) in [6.45, 7) is 2.04. The van der Waals surface area contributed by atoms with Gasteiger partial charge in [0.2, 0.25) is 0 Å². The van der Waals surface area contributed by atoms with E-state index in [2.05, 4.69) is 15.3 Å². The van der Waals surface area contributed by atoms with Crippen LogP contribution in [0.15, 0.2) is 42.5 Å². The van der Waals surface area contributed by atoms with Crippen LogP contribution in [0.1, 0.15) is 5.56 Å². The molecule has 0 aliphatic carbocycles. The van der Waals surface area contributed by atoms with Crippen LogP contribution in [0.25, 0.3) is 17.1 Å². The van der Waals surface area contributed by atoms with E-state index in [1.807, 2.05) is 31.2 Å². The molecule has 0 spiro atoms. The summed E-state index contributed by atoms with van der Waals surface area (Å²) in [5.41, 5.74) is 8.97. The third-order valence-electron chi connectivity index (χ3n) is 2.92. The highest BCUT2D eigenvalue weighted by atomic mass is 35.5. The van der Waals surface area contributed by atoms with Crippen LogP contribution in [0.2, 0.25) is 5.15 Å². The van der Waals surface area contributed by atoms with E-state index in [1.165, 1.54) is 5.56 Å². The Morgan fingerprint density at radius 2 is 1.80 bits per heavy atom. The number of halogens is 1. The third kappa shape index (κ3) is 2.35. The summed E-state index contributed by atoms with van der Waals surface area (Å²) < 4.78 is 1.54. The lowest BCUT2D eigenvalue weighted by Crippen LogP contribution is -2.04. The highest BCUT2D eigenvalue weighted by Crippen LogP contribution is 2.22. The molecule has 5 nitrogen and oxygen atoms in total. The summed E-state index contributed by atoms with van der Waals surface area (Å²) in [7, 11) is 0. The van der Waals surface area contributed by atoms with Crippen molar-refractivity contribution in [2.45, 2.75) is 6.92 Å².